The summed E-state index contributed by atoms with van der Waals surface area (Å²) in [6.07, 6.45) is 25.7. The Kier molecular flexibility index (Phi) is 10.4. The quantitative estimate of drug-likeness (QED) is 0.293. The molecule has 0 N–H and O–H groups in total. The molecule has 0 aromatic carbocycles. The van der Waals surface area contributed by atoms with Gasteiger partial charge in [-0.1, -0.05) is 0 Å². The standard InChI is InChI=1S/C36H36N4O8/c1-5-45-33(41)37-17-9-25(10-18-37)29-30(26-11-19-38(20-12-26)34(42)46-6-2)32(28-15-23-40(24-16-28)36(44)48-8-4)31(29)27-13-21-39(22-14-27)35(43)47-7-3/h9-24H,5-8H2,1-4H3. The molecular weight excluding hydrogens is 616 g/mol. The van der Waals surface area contributed by atoms with Gasteiger partial charge in [-0.05, 0) is 121 Å². The maximum atomic E-state index is 12.4. The number of rotatable bonds is 4. The van der Waals surface area contributed by atoms with Gasteiger partial charge in [0.15, 0.2) is 0 Å². The van der Waals surface area contributed by atoms with Crippen LogP contribution in [-0.2, 0) is 18.9 Å². The van der Waals surface area contributed by atoms with Gasteiger partial charge < -0.3 is 18.9 Å². The van der Waals surface area contributed by atoms with E-state index in [2.05, 4.69) is 0 Å². The number of hydrogen-bond donors (Lipinski definition) is 0. The number of ether oxygens (including phenoxy) is 4. The Labute approximate surface area is 278 Å². The van der Waals surface area contributed by atoms with Gasteiger partial charge in [0.1, 0.15) is 0 Å². The smallest absolute Gasteiger partial charge is 0.417 e. The molecule has 0 saturated heterocycles. The molecule has 12 nitrogen and oxygen atoms in total. The fourth-order valence-corrected chi connectivity index (χ4v) is 5.24. The number of allylic oxidation sites excluding steroid dienone is 16. The average Bonchev–Trinajstić information content (AvgIpc) is 3.09. The first-order valence-corrected chi connectivity index (χ1v) is 15.6. The minimum absolute atomic E-state index is 0.242. The third-order valence-electron chi connectivity index (χ3n) is 7.39. The normalized spacial score (nSPS) is 17.9. The third kappa shape index (κ3) is 6.87. The van der Waals surface area contributed by atoms with Crippen molar-refractivity contribution in [3.8, 4) is 0 Å². The van der Waals surface area contributed by atoms with Crippen molar-refractivity contribution in [3.05, 3.63) is 143 Å². The summed E-state index contributed by atoms with van der Waals surface area (Å²) in [5, 5.41) is 0. The second-order valence-electron chi connectivity index (χ2n) is 10.3. The van der Waals surface area contributed by atoms with E-state index in [1.54, 1.807) is 77.3 Å². The predicted molar refractivity (Wildman–Crippen MR) is 177 cm³/mol. The van der Waals surface area contributed by atoms with Gasteiger partial charge in [-0.25, -0.2) is 19.2 Å². The molecule has 0 bridgehead atoms. The topological polar surface area (TPSA) is 118 Å². The average molecular weight is 653 g/mol. The Hall–Kier alpha value is -6.04. The molecule has 0 aromatic rings. The molecule has 0 aromatic heterocycles. The number of amides is 4. The SMILES string of the molecule is CCOC(=O)N1C=CC(=C2C(=C3C=CN(C(=O)OCC)C=C3)C(=C3C=CN(C(=O)OCC)C=C3)C2=C2C=CN(C(=O)OCC)C=C2)C=C1. The number of hydrogen-bond acceptors (Lipinski definition) is 8. The Bertz CT molecular complexity index is 1430. The first-order chi connectivity index (χ1) is 23.3. The number of carbonyl (C=O) groups is 4. The molecule has 1 saturated carbocycles. The Morgan fingerprint density at radius 1 is 0.375 bits per heavy atom. The zero-order valence-electron chi connectivity index (χ0n) is 27.1. The van der Waals surface area contributed by atoms with Gasteiger partial charge in [0.05, 0.1) is 26.4 Å². The summed E-state index contributed by atoms with van der Waals surface area (Å²) in [7, 11) is 0. The van der Waals surface area contributed by atoms with E-state index in [1.807, 2.05) is 48.6 Å². The summed E-state index contributed by atoms with van der Waals surface area (Å²) >= 11 is 0. The lowest BCUT2D eigenvalue weighted by molar-refractivity contribution is 0.132. The third-order valence-corrected chi connectivity index (χ3v) is 7.39. The Morgan fingerprint density at radius 3 is 0.688 bits per heavy atom. The molecule has 5 rings (SSSR count). The fraction of sp³-hybridized carbons (Fsp3) is 0.222. The van der Waals surface area contributed by atoms with E-state index in [0.29, 0.717) is 0 Å². The fourth-order valence-electron chi connectivity index (χ4n) is 5.24. The Morgan fingerprint density at radius 2 is 0.542 bits per heavy atom. The second kappa shape index (κ2) is 15.0. The van der Waals surface area contributed by atoms with Crippen molar-refractivity contribution in [1.82, 2.24) is 19.6 Å². The molecular formula is C36H36N4O8. The molecule has 1 aliphatic carbocycles. The van der Waals surface area contributed by atoms with Gasteiger partial charge in [-0.2, -0.15) is 0 Å². The van der Waals surface area contributed by atoms with Gasteiger partial charge in [-0.3, -0.25) is 19.6 Å². The molecule has 0 spiro atoms. The summed E-state index contributed by atoms with van der Waals surface area (Å²) in [6, 6.07) is 0. The van der Waals surface area contributed by atoms with Crippen molar-refractivity contribution < 1.29 is 38.1 Å². The molecule has 1 fully saturated rings. The van der Waals surface area contributed by atoms with Gasteiger partial charge in [0.25, 0.3) is 0 Å². The van der Waals surface area contributed by atoms with E-state index in [9.17, 15) is 19.2 Å². The van der Waals surface area contributed by atoms with Crippen LogP contribution in [0, 0.1) is 0 Å². The lowest BCUT2D eigenvalue weighted by Gasteiger charge is -2.38. The monoisotopic (exact) mass is 652 g/mol. The molecule has 4 amide bonds. The molecule has 48 heavy (non-hydrogen) atoms. The first kappa shape index (κ1) is 33.3. The molecule has 5 aliphatic rings. The van der Waals surface area contributed by atoms with Crippen LogP contribution in [0.4, 0.5) is 19.2 Å². The molecule has 248 valence electrons. The molecule has 0 unspecified atom stereocenters. The van der Waals surface area contributed by atoms with Crippen LogP contribution in [-0.4, -0.2) is 70.4 Å². The van der Waals surface area contributed by atoms with Crippen molar-refractivity contribution in [2.75, 3.05) is 26.4 Å². The summed E-state index contributed by atoms with van der Waals surface area (Å²) < 4.78 is 20.6. The van der Waals surface area contributed by atoms with Crippen LogP contribution in [0.2, 0.25) is 0 Å². The molecule has 0 radical (unpaired) electrons. The summed E-state index contributed by atoms with van der Waals surface area (Å²) in [5.41, 5.74) is 6.71. The zero-order valence-corrected chi connectivity index (χ0v) is 27.1. The van der Waals surface area contributed by atoms with E-state index < -0.39 is 24.4 Å². The highest BCUT2D eigenvalue weighted by Gasteiger charge is 2.38. The predicted octanol–water partition coefficient (Wildman–Crippen LogP) is 7.18. The molecule has 4 heterocycles. The van der Waals surface area contributed by atoms with Crippen LogP contribution in [0.3, 0.4) is 0 Å². The van der Waals surface area contributed by atoms with Crippen LogP contribution >= 0.6 is 0 Å². The highest BCUT2D eigenvalue weighted by Crippen LogP contribution is 2.53. The van der Waals surface area contributed by atoms with E-state index in [0.717, 1.165) is 44.6 Å². The van der Waals surface area contributed by atoms with Crippen molar-refractivity contribution in [2.24, 2.45) is 0 Å². The minimum Gasteiger partial charge on any atom is -0.449 e. The summed E-state index contributed by atoms with van der Waals surface area (Å²) in [5.74, 6) is 0. The second-order valence-corrected chi connectivity index (χ2v) is 10.3. The van der Waals surface area contributed by atoms with Gasteiger partial charge >= 0.3 is 24.4 Å². The van der Waals surface area contributed by atoms with Crippen molar-refractivity contribution in [3.63, 3.8) is 0 Å². The van der Waals surface area contributed by atoms with E-state index >= 15 is 0 Å². The zero-order chi connectivity index (χ0) is 34.2. The van der Waals surface area contributed by atoms with Crippen molar-refractivity contribution in [1.29, 1.82) is 0 Å². The highest BCUT2D eigenvalue weighted by molar-refractivity contribution is 5.89. The first-order valence-electron chi connectivity index (χ1n) is 15.6. The van der Waals surface area contributed by atoms with Crippen LogP contribution in [0.1, 0.15) is 27.7 Å². The molecule has 12 heteroatoms. The largest absolute Gasteiger partial charge is 0.449 e. The molecule has 4 aliphatic heterocycles. The van der Waals surface area contributed by atoms with E-state index in [-0.39, 0.29) is 26.4 Å². The lowest BCUT2D eigenvalue weighted by atomic mass is 9.66. The van der Waals surface area contributed by atoms with E-state index in [1.165, 1.54) is 19.6 Å². The van der Waals surface area contributed by atoms with Crippen LogP contribution in [0.25, 0.3) is 0 Å². The van der Waals surface area contributed by atoms with Gasteiger partial charge in [0, 0.05) is 49.6 Å². The number of nitrogens with zero attached hydrogens (tertiary/aromatic N) is 4. The maximum Gasteiger partial charge on any atom is 0.417 e. The summed E-state index contributed by atoms with van der Waals surface area (Å²) in [4.78, 5) is 55.1. The molecule has 0 atom stereocenters. The van der Waals surface area contributed by atoms with E-state index in [4.69, 9.17) is 18.9 Å². The highest BCUT2D eigenvalue weighted by atomic mass is 16.6. The maximum absolute atomic E-state index is 12.4. The summed E-state index contributed by atoms with van der Waals surface area (Å²) in [6.45, 7) is 7.94. The number of carbonyl (C=O) groups excluding carboxylic acids is 4. The van der Waals surface area contributed by atoms with Crippen LogP contribution in [0.15, 0.2) is 143 Å². The van der Waals surface area contributed by atoms with Crippen molar-refractivity contribution in [2.45, 2.75) is 27.7 Å². The van der Waals surface area contributed by atoms with Gasteiger partial charge in [-0.15, -0.1) is 0 Å². The van der Waals surface area contributed by atoms with Gasteiger partial charge in [0.2, 0.25) is 0 Å². The van der Waals surface area contributed by atoms with Crippen LogP contribution < -0.4 is 0 Å². The Balaban J connectivity index is 1.67. The van der Waals surface area contributed by atoms with Crippen molar-refractivity contribution >= 4 is 24.4 Å². The van der Waals surface area contributed by atoms with Crippen LogP contribution in [0.5, 0.6) is 0 Å². The lowest BCUT2D eigenvalue weighted by Crippen LogP contribution is -2.27. The minimum atomic E-state index is -0.499.